The van der Waals surface area contributed by atoms with Crippen LogP contribution in [-0.4, -0.2) is 8.32 Å². The van der Waals surface area contributed by atoms with Crippen LogP contribution in [0.5, 0.6) is 0 Å². The maximum absolute atomic E-state index is 11.3. The van der Waals surface area contributed by atoms with E-state index in [1.807, 2.05) is 20.8 Å². The molecule has 49 valence electrons. The molecule has 0 saturated carbocycles. The maximum atomic E-state index is 11.3. The van der Waals surface area contributed by atoms with Gasteiger partial charge in [-0.1, -0.05) is 20.8 Å². The molecule has 0 aromatic rings. The monoisotopic (exact) mass is 131 g/mol. The van der Waals surface area contributed by atoms with E-state index < -0.39 is 8.32 Å². The van der Waals surface area contributed by atoms with Crippen molar-refractivity contribution >= 4 is 8.32 Å². The molecule has 0 rings (SSSR count). The fourth-order valence-electron chi connectivity index (χ4n) is 0.750. The second kappa shape index (κ2) is 3.25. The van der Waals surface area contributed by atoms with E-state index in [1.165, 1.54) is 0 Å². The Kier molecular flexibility index (Phi) is 3.32. The Morgan fingerprint density at radius 3 is 1.25 bits per heavy atom. The van der Waals surface area contributed by atoms with Gasteiger partial charge in [0.25, 0.3) is 0 Å². The first-order valence-corrected chi connectivity index (χ1v) is 5.92. The molecule has 0 aliphatic heterocycles. The van der Waals surface area contributed by atoms with Gasteiger partial charge in [-0.25, -0.2) is 0 Å². The third kappa shape index (κ3) is 1.97. The highest BCUT2D eigenvalue weighted by atomic mass is 28.4. The van der Waals surface area contributed by atoms with Gasteiger partial charge in [-0.3, -0.25) is 4.80 Å². The zero-order valence-electron chi connectivity index (χ0n) is 6.03. The van der Waals surface area contributed by atoms with Crippen LogP contribution in [0.25, 0.3) is 0 Å². The van der Waals surface area contributed by atoms with Gasteiger partial charge in [0.15, 0.2) is 0 Å². The maximum Gasteiger partial charge on any atom is 0.236 e. The van der Waals surface area contributed by atoms with Crippen LogP contribution in [0, 0.1) is 0 Å². The number of rotatable bonds is 3. The van der Waals surface area contributed by atoms with Crippen molar-refractivity contribution in [3.8, 4) is 0 Å². The summed E-state index contributed by atoms with van der Waals surface area (Å²) in [6.45, 7) is 6.06. The van der Waals surface area contributed by atoms with Crippen LogP contribution in [0.4, 0.5) is 0 Å². The van der Waals surface area contributed by atoms with Crippen LogP contribution >= 0.6 is 0 Å². The lowest BCUT2D eigenvalue weighted by atomic mass is 10.9. The molecule has 0 spiro atoms. The van der Waals surface area contributed by atoms with Gasteiger partial charge in [-0.15, -0.1) is 0 Å². The smallest absolute Gasteiger partial charge is 0.236 e. The largest absolute Gasteiger partial charge is 0.297 e. The average Bonchev–Trinajstić information content (AvgIpc) is 1.87. The van der Waals surface area contributed by atoms with E-state index in [9.17, 15) is 4.80 Å². The third-order valence-electron chi connectivity index (χ3n) is 1.93. The van der Waals surface area contributed by atoms with E-state index in [0.717, 1.165) is 18.1 Å². The molecule has 0 aliphatic rings. The van der Waals surface area contributed by atoms with Crippen LogP contribution in [0.1, 0.15) is 20.8 Å². The molecule has 0 aliphatic carbocycles. The van der Waals surface area contributed by atoms with Gasteiger partial charge in [0, 0.05) is 0 Å². The van der Waals surface area contributed by atoms with Gasteiger partial charge in [0.2, 0.25) is 8.32 Å². The lowest BCUT2D eigenvalue weighted by Gasteiger charge is -2.14. The van der Waals surface area contributed by atoms with Crippen LogP contribution < -0.4 is 0 Å². The highest BCUT2D eigenvalue weighted by Gasteiger charge is 2.25. The molecule has 0 amide bonds. The van der Waals surface area contributed by atoms with Crippen LogP contribution in [0.2, 0.25) is 18.1 Å². The molecule has 2 heteroatoms. The van der Waals surface area contributed by atoms with Crippen molar-refractivity contribution in [2.75, 3.05) is 0 Å². The first kappa shape index (κ1) is 8.18. The molecule has 1 radical (unpaired) electrons. The van der Waals surface area contributed by atoms with Crippen LogP contribution in [0.3, 0.4) is 0 Å². The molecule has 1 nitrogen and oxygen atoms in total. The van der Waals surface area contributed by atoms with Gasteiger partial charge >= 0.3 is 0 Å². The molecule has 0 heterocycles. The molecule has 0 aromatic carbocycles. The quantitative estimate of drug-likeness (QED) is 0.524. The topological polar surface area (TPSA) is 19.9 Å². The molecule has 0 bridgehead atoms. The minimum atomic E-state index is -1.92. The lowest BCUT2D eigenvalue weighted by Crippen LogP contribution is -2.28. The predicted octanol–water partition coefficient (Wildman–Crippen LogP) is 2.42. The van der Waals surface area contributed by atoms with Crippen LogP contribution in [0.15, 0.2) is 0 Å². The van der Waals surface area contributed by atoms with E-state index in [1.54, 1.807) is 0 Å². The zero-order valence-corrected chi connectivity index (χ0v) is 7.03. The summed E-state index contributed by atoms with van der Waals surface area (Å²) in [5.41, 5.74) is 0. The van der Waals surface area contributed by atoms with Gasteiger partial charge in [-0.2, -0.15) is 0 Å². The highest BCUT2D eigenvalue weighted by Crippen LogP contribution is 2.15. The summed E-state index contributed by atoms with van der Waals surface area (Å²) in [4.78, 5) is 11.3. The molecule has 0 atom stereocenters. The van der Waals surface area contributed by atoms with E-state index >= 15 is 0 Å². The Bertz CT molecular complexity index is 51.3. The van der Waals surface area contributed by atoms with Crippen molar-refractivity contribution in [2.45, 2.75) is 38.9 Å². The van der Waals surface area contributed by atoms with Crippen molar-refractivity contribution in [3.05, 3.63) is 0 Å². The Morgan fingerprint density at radius 2 is 1.25 bits per heavy atom. The Morgan fingerprint density at radius 1 is 1.00 bits per heavy atom. The fraction of sp³-hybridized carbons (Fsp3) is 1.00. The van der Waals surface area contributed by atoms with E-state index in [0.29, 0.717) is 0 Å². The Hall–Kier alpha value is 0.177. The molecule has 0 aromatic heterocycles. The summed E-state index contributed by atoms with van der Waals surface area (Å²) < 4.78 is 0. The molecule has 8 heavy (non-hydrogen) atoms. The third-order valence-corrected chi connectivity index (χ3v) is 5.80. The fourth-order valence-corrected chi connectivity index (χ4v) is 2.25. The normalized spacial score (nSPS) is 12.0. The van der Waals surface area contributed by atoms with Gasteiger partial charge < -0.3 is 0 Å². The van der Waals surface area contributed by atoms with Crippen molar-refractivity contribution in [1.29, 1.82) is 0 Å². The number of hydrogen-bond donors (Lipinski definition) is 0. The molecule has 0 unspecified atom stereocenters. The second-order valence-corrected chi connectivity index (χ2v) is 6.73. The summed E-state index contributed by atoms with van der Waals surface area (Å²) in [5.74, 6) is 0. The summed E-state index contributed by atoms with van der Waals surface area (Å²) >= 11 is 0. The zero-order chi connectivity index (χ0) is 6.62. The minimum Gasteiger partial charge on any atom is -0.297 e. The Balaban J connectivity index is 3.58. The molecule has 0 N–H and O–H groups in total. The Labute approximate surface area is 52.9 Å². The van der Waals surface area contributed by atoms with Crippen molar-refractivity contribution < 1.29 is 4.80 Å². The lowest BCUT2D eigenvalue weighted by molar-refractivity contribution is 0.415. The SMILES string of the molecule is CC[Si]([O])(CC)CC. The minimum absolute atomic E-state index is 0.903. The van der Waals surface area contributed by atoms with E-state index in [-0.39, 0.29) is 0 Å². The average molecular weight is 131 g/mol. The van der Waals surface area contributed by atoms with Crippen molar-refractivity contribution in [1.82, 2.24) is 0 Å². The summed E-state index contributed by atoms with van der Waals surface area (Å²) in [5, 5.41) is 0. The van der Waals surface area contributed by atoms with E-state index in [4.69, 9.17) is 0 Å². The predicted molar refractivity (Wildman–Crippen MR) is 37.9 cm³/mol. The molecule has 0 fully saturated rings. The van der Waals surface area contributed by atoms with Gasteiger partial charge in [0.1, 0.15) is 0 Å². The highest BCUT2D eigenvalue weighted by molar-refractivity contribution is 6.71. The standard InChI is InChI=1S/C6H15OSi/c1-4-8(7,5-2)6-3/h4-6H2,1-3H3. The summed E-state index contributed by atoms with van der Waals surface area (Å²) in [6.07, 6.45) is 0. The van der Waals surface area contributed by atoms with Crippen molar-refractivity contribution in [2.24, 2.45) is 0 Å². The van der Waals surface area contributed by atoms with Crippen molar-refractivity contribution in [3.63, 3.8) is 0 Å². The summed E-state index contributed by atoms with van der Waals surface area (Å²) in [6, 6.07) is 2.71. The van der Waals surface area contributed by atoms with E-state index in [2.05, 4.69) is 0 Å². The first-order valence-electron chi connectivity index (χ1n) is 3.39. The van der Waals surface area contributed by atoms with Gasteiger partial charge in [0.05, 0.1) is 0 Å². The second-order valence-electron chi connectivity index (χ2n) is 2.24. The molecular formula is C6H15OSi. The molecule has 0 saturated heterocycles. The molecular weight excluding hydrogens is 116 g/mol. The first-order chi connectivity index (χ1) is 3.68. The summed E-state index contributed by atoms with van der Waals surface area (Å²) in [7, 11) is -1.92. The number of hydrogen-bond acceptors (Lipinski definition) is 0. The van der Waals surface area contributed by atoms with Gasteiger partial charge in [-0.05, 0) is 18.1 Å². The van der Waals surface area contributed by atoms with Crippen LogP contribution in [-0.2, 0) is 4.80 Å².